The molecule has 2 fully saturated rings. The summed E-state index contributed by atoms with van der Waals surface area (Å²) >= 11 is 0. The van der Waals surface area contributed by atoms with Crippen LogP contribution in [0.4, 0.5) is 0 Å². The Morgan fingerprint density at radius 3 is 2.55 bits per heavy atom. The third-order valence-corrected chi connectivity index (χ3v) is 6.82. The summed E-state index contributed by atoms with van der Waals surface area (Å²) in [6, 6.07) is 17.5. The smallest absolute Gasteiger partial charge is 0.338 e. The van der Waals surface area contributed by atoms with E-state index in [-0.39, 0.29) is 30.0 Å². The second kappa shape index (κ2) is 11.1. The fraction of sp³-hybridized carbons (Fsp3) is 0.464. The number of fused-ring (bicyclic) bond motifs is 1. The first-order valence-electron chi connectivity index (χ1n) is 12.1. The maximum Gasteiger partial charge on any atom is 0.338 e. The molecule has 2 N–H and O–H groups in total. The van der Waals surface area contributed by atoms with E-state index in [1.165, 1.54) is 0 Å². The van der Waals surface area contributed by atoms with Crippen LogP contribution in [0.15, 0.2) is 66.7 Å². The van der Waals surface area contributed by atoms with Crippen molar-refractivity contribution in [3.05, 3.63) is 72.3 Å². The van der Waals surface area contributed by atoms with Crippen LogP contribution in [0.2, 0.25) is 0 Å². The zero-order valence-electron chi connectivity index (χ0n) is 19.2. The van der Waals surface area contributed by atoms with Crippen molar-refractivity contribution in [2.45, 2.75) is 70.1 Å². The van der Waals surface area contributed by atoms with Gasteiger partial charge in [-0.1, -0.05) is 80.8 Å². The van der Waals surface area contributed by atoms with Crippen LogP contribution in [0.25, 0.3) is 11.1 Å². The van der Waals surface area contributed by atoms with Gasteiger partial charge in [-0.05, 0) is 35.6 Å². The van der Waals surface area contributed by atoms with Crippen molar-refractivity contribution >= 4 is 5.97 Å². The molecule has 0 radical (unpaired) electrons. The molecule has 0 bridgehead atoms. The Morgan fingerprint density at radius 2 is 1.82 bits per heavy atom. The van der Waals surface area contributed by atoms with Crippen molar-refractivity contribution in [2.24, 2.45) is 11.8 Å². The van der Waals surface area contributed by atoms with Crippen molar-refractivity contribution in [1.82, 2.24) is 0 Å². The molecule has 1 aliphatic carbocycles. The topological polar surface area (TPSA) is 76.0 Å². The van der Waals surface area contributed by atoms with Gasteiger partial charge in [-0.25, -0.2) is 4.79 Å². The van der Waals surface area contributed by atoms with Crippen LogP contribution in [-0.4, -0.2) is 40.8 Å². The number of rotatable bonds is 9. The molecular formula is C28H34O5. The van der Waals surface area contributed by atoms with E-state index in [4.69, 9.17) is 9.47 Å². The van der Waals surface area contributed by atoms with Crippen molar-refractivity contribution in [3.8, 4) is 11.1 Å². The van der Waals surface area contributed by atoms with E-state index in [9.17, 15) is 15.0 Å². The van der Waals surface area contributed by atoms with Crippen LogP contribution in [-0.2, 0) is 9.47 Å². The first-order valence-corrected chi connectivity index (χ1v) is 12.1. The van der Waals surface area contributed by atoms with E-state index >= 15 is 0 Å². The molecule has 0 aromatic heterocycles. The molecule has 33 heavy (non-hydrogen) atoms. The third kappa shape index (κ3) is 5.91. The van der Waals surface area contributed by atoms with Crippen molar-refractivity contribution in [3.63, 3.8) is 0 Å². The Bertz CT molecular complexity index is 923. The Hall–Kier alpha value is -2.47. The fourth-order valence-electron chi connectivity index (χ4n) is 5.02. The standard InChI is InChI=1S/C28H34O5/c1-2-3-5-10-22(29)15-16-23-24-17-27(30)32-26(24)18-25(23)33-28(31)21-13-11-20(12-14-21)19-8-6-4-7-9-19/h4,6-9,11-16,22-27,29-30H,2-3,5,10,17-18H2,1H3. The lowest BCUT2D eigenvalue weighted by Crippen LogP contribution is -2.25. The van der Waals surface area contributed by atoms with E-state index in [0.29, 0.717) is 18.4 Å². The van der Waals surface area contributed by atoms with Gasteiger partial charge < -0.3 is 19.7 Å². The van der Waals surface area contributed by atoms with Crippen LogP contribution in [0.1, 0.15) is 55.8 Å². The van der Waals surface area contributed by atoms with Crippen LogP contribution in [0, 0.1) is 11.8 Å². The monoisotopic (exact) mass is 450 g/mol. The van der Waals surface area contributed by atoms with Crippen LogP contribution < -0.4 is 0 Å². The molecule has 6 unspecified atom stereocenters. The summed E-state index contributed by atoms with van der Waals surface area (Å²) in [6.07, 6.45) is 7.03. The van der Waals surface area contributed by atoms with E-state index in [0.717, 1.165) is 36.8 Å². The summed E-state index contributed by atoms with van der Waals surface area (Å²) in [4.78, 5) is 12.9. The van der Waals surface area contributed by atoms with Gasteiger partial charge in [-0.15, -0.1) is 0 Å². The average molecular weight is 451 g/mol. The number of unbranched alkanes of at least 4 members (excludes halogenated alkanes) is 2. The highest BCUT2D eigenvalue weighted by Gasteiger charge is 2.50. The molecule has 2 aliphatic rings. The molecule has 5 nitrogen and oxygen atoms in total. The zero-order valence-corrected chi connectivity index (χ0v) is 19.2. The molecule has 176 valence electrons. The van der Waals surface area contributed by atoms with Gasteiger partial charge in [-0.3, -0.25) is 0 Å². The second-order valence-electron chi connectivity index (χ2n) is 9.18. The number of carbonyl (C=O) groups is 1. The quantitative estimate of drug-likeness (QED) is 0.315. The minimum absolute atomic E-state index is 0.0809. The first kappa shape index (κ1) is 23.7. The van der Waals surface area contributed by atoms with Crippen molar-refractivity contribution in [2.75, 3.05) is 0 Å². The van der Waals surface area contributed by atoms with Crippen LogP contribution in [0.5, 0.6) is 0 Å². The van der Waals surface area contributed by atoms with Gasteiger partial charge in [0.1, 0.15) is 6.10 Å². The van der Waals surface area contributed by atoms with E-state index in [1.54, 1.807) is 12.1 Å². The number of aliphatic hydroxyl groups is 2. The third-order valence-electron chi connectivity index (χ3n) is 6.82. The number of hydrogen-bond acceptors (Lipinski definition) is 5. The normalized spacial score (nSPS) is 27.5. The fourth-order valence-corrected chi connectivity index (χ4v) is 5.02. The van der Waals surface area contributed by atoms with Gasteiger partial charge in [0, 0.05) is 18.8 Å². The van der Waals surface area contributed by atoms with Gasteiger partial charge in [0.15, 0.2) is 6.29 Å². The summed E-state index contributed by atoms with van der Waals surface area (Å²) < 4.78 is 11.6. The Balaban J connectivity index is 1.42. The molecular weight excluding hydrogens is 416 g/mol. The van der Waals surface area contributed by atoms with E-state index in [1.807, 2.05) is 54.6 Å². The minimum Gasteiger partial charge on any atom is -0.458 e. The van der Waals surface area contributed by atoms with Crippen molar-refractivity contribution < 1.29 is 24.5 Å². The second-order valence-corrected chi connectivity index (χ2v) is 9.18. The van der Waals surface area contributed by atoms with Crippen LogP contribution in [0.3, 0.4) is 0 Å². The first-order chi connectivity index (χ1) is 16.0. The maximum absolute atomic E-state index is 12.9. The molecule has 1 heterocycles. The highest BCUT2D eigenvalue weighted by Crippen LogP contribution is 2.45. The lowest BCUT2D eigenvalue weighted by atomic mass is 9.91. The zero-order chi connectivity index (χ0) is 23.2. The summed E-state index contributed by atoms with van der Waals surface area (Å²) in [7, 11) is 0. The van der Waals surface area contributed by atoms with Gasteiger partial charge in [0.25, 0.3) is 0 Å². The number of aliphatic hydroxyl groups excluding tert-OH is 2. The molecule has 1 saturated carbocycles. The number of esters is 1. The van der Waals surface area contributed by atoms with E-state index < -0.39 is 12.4 Å². The molecule has 4 rings (SSSR count). The molecule has 0 spiro atoms. The number of hydrogen-bond donors (Lipinski definition) is 2. The molecule has 1 aliphatic heterocycles. The summed E-state index contributed by atoms with van der Waals surface area (Å²) in [5, 5.41) is 20.3. The lowest BCUT2D eigenvalue weighted by Gasteiger charge is -2.21. The van der Waals surface area contributed by atoms with Crippen LogP contribution >= 0.6 is 0 Å². The highest BCUT2D eigenvalue weighted by atomic mass is 16.6. The molecule has 5 heteroatoms. The van der Waals surface area contributed by atoms with Gasteiger partial charge in [0.05, 0.1) is 17.8 Å². The molecule has 0 amide bonds. The Labute approximate surface area is 196 Å². The highest BCUT2D eigenvalue weighted by molar-refractivity contribution is 5.90. The lowest BCUT2D eigenvalue weighted by molar-refractivity contribution is -0.0955. The summed E-state index contributed by atoms with van der Waals surface area (Å²) in [5.74, 6) is -0.361. The SMILES string of the molecule is CCCCCC(O)C=CC1C(OC(=O)c2ccc(-c3ccccc3)cc2)CC2OC(O)CC21. The Morgan fingerprint density at radius 1 is 1.09 bits per heavy atom. The van der Waals surface area contributed by atoms with Gasteiger partial charge >= 0.3 is 5.97 Å². The maximum atomic E-state index is 12.9. The molecule has 6 atom stereocenters. The summed E-state index contributed by atoms with van der Waals surface area (Å²) in [6.45, 7) is 2.14. The Kier molecular flexibility index (Phi) is 7.97. The van der Waals surface area contributed by atoms with E-state index in [2.05, 4.69) is 6.92 Å². The number of carbonyl (C=O) groups excluding carboxylic acids is 1. The number of benzene rings is 2. The predicted molar refractivity (Wildman–Crippen MR) is 127 cm³/mol. The largest absolute Gasteiger partial charge is 0.458 e. The average Bonchev–Trinajstić information content (AvgIpc) is 3.33. The molecule has 2 aromatic rings. The number of ether oxygens (including phenoxy) is 2. The molecule has 2 aromatic carbocycles. The summed E-state index contributed by atoms with van der Waals surface area (Å²) in [5.41, 5.74) is 2.65. The van der Waals surface area contributed by atoms with Crippen molar-refractivity contribution in [1.29, 1.82) is 0 Å². The minimum atomic E-state index is -0.771. The van der Waals surface area contributed by atoms with Gasteiger partial charge in [0.2, 0.25) is 0 Å². The predicted octanol–water partition coefficient (Wildman–Crippen LogP) is 5.12. The van der Waals surface area contributed by atoms with Gasteiger partial charge in [-0.2, -0.15) is 0 Å². The molecule has 1 saturated heterocycles.